The van der Waals surface area contributed by atoms with E-state index in [1.165, 1.54) is 4.90 Å². The van der Waals surface area contributed by atoms with E-state index in [-0.39, 0.29) is 55.2 Å². The summed E-state index contributed by atoms with van der Waals surface area (Å²) in [6, 6.07) is 0.663. The van der Waals surface area contributed by atoms with E-state index in [9.17, 15) is 31.5 Å². The topological polar surface area (TPSA) is 104 Å². The van der Waals surface area contributed by atoms with E-state index >= 15 is 0 Å². The smallest absolute Gasteiger partial charge is 0.403 e. The third kappa shape index (κ3) is 3.52. The zero-order chi connectivity index (χ0) is 22.9. The van der Waals surface area contributed by atoms with Gasteiger partial charge in [-0.3, -0.25) is 9.59 Å². The van der Waals surface area contributed by atoms with Gasteiger partial charge in [0.1, 0.15) is 17.3 Å². The number of H-pyrrole nitrogens is 1. The Kier molecular flexibility index (Phi) is 4.41. The lowest BCUT2D eigenvalue weighted by Gasteiger charge is -2.23. The second kappa shape index (κ2) is 6.75. The van der Waals surface area contributed by atoms with Gasteiger partial charge in [0.15, 0.2) is 0 Å². The normalized spacial score (nSPS) is 25.2. The molecule has 0 unspecified atom stereocenters. The van der Waals surface area contributed by atoms with Gasteiger partial charge in [0.2, 0.25) is 5.91 Å². The van der Waals surface area contributed by atoms with Gasteiger partial charge >= 0.3 is 12.2 Å². The molecule has 3 fully saturated rings. The van der Waals surface area contributed by atoms with Gasteiger partial charge in [-0.05, 0) is 37.3 Å². The van der Waals surface area contributed by atoms with Crippen LogP contribution in [0.5, 0.6) is 0 Å². The number of likely N-dealkylation sites (tertiary alicyclic amines) is 1. The second-order valence-corrected chi connectivity index (χ2v) is 8.66. The number of nitrogens with one attached hydrogen (secondary N) is 2. The average molecular weight is 459 g/mol. The van der Waals surface area contributed by atoms with Crippen molar-refractivity contribution in [1.29, 1.82) is 0 Å². The maximum absolute atomic E-state index is 13.7. The van der Waals surface area contributed by atoms with E-state index < -0.39 is 34.8 Å². The molecule has 32 heavy (non-hydrogen) atoms. The number of carbonyl (C=O) groups is 1. The summed E-state index contributed by atoms with van der Waals surface area (Å²) in [5.41, 5.74) is -3.64. The van der Waals surface area contributed by atoms with E-state index in [2.05, 4.69) is 15.5 Å². The Balaban J connectivity index is 1.31. The van der Waals surface area contributed by atoms with Crippen LogP contribution < -0.4 is 10.9 Å². The van der Waals surface area contributed by atoms with Crippen molar-refractivity contribution >= 4 is 11.9 Å². The Labute approximate surface area is 177 Å². The highest BCUT2D eigenvalue weighted by atomic mass is 19.4. The molecule has 2 saturated carbocycles. The predicted molar refractivity (Wildman–Crippen MR) is 98.7 cm³/mol. The van der Waals surface area contributed by atoms with Crippen LogP contribution in [0.2, 0.25) is 0 Å². The Morgan fingerprint density at radius 2 is 2.00 bits per heavy atom. The molecule has 3 aliphatic rings. The van der Waals surface area contributed by atoms with Crippen LogP contribution in [-0.4, -0.2) is 51.0 Å². The quantitative estimate of drug-likeness (QED) is 0.667. The van der Waals surface area contributed by atoms with Crippen molar-refractivity contribution < 1.29 is 31.2 Å². The van der Waals surface area contributed by atoms with Gasteiger partial charge in [-0.15, -0.1) is 5.10 Å². The number of aromatic amines is 1. The molecule has 1 saturated heterocycles. The molecule has 2 aromatic heterocycles. The van der Waals surface area contributed by atoms with Crippen LogP contribution in [0.4, 0.5) is 28.0 Å². The molecule has 13 heteroatoms. The summed E-state index contributed by atoms with van der Waals surface area (Å²) < 4.78 is 70.8. The summed E-state index contributed by atoms with van der Waals surface area (Å²) >= 11 is 0. The molecule has 2 N–H and O–H groups in total. The number of anilines is 1. The van der Waals surface area contributed by atoms with Crippen LogP contribution in [-0.2, 0) is 11.0 Å². The van der Waals surface area contributed by atoms with Gasteiger partial charge in [-0.25, -0.2) is 8.78 Å². The minimum absolute atomic E-state index is 0.000251. The highest BCUT2D eigenvalue weighted by Crippen LogP contribution is 2.65. The minimum Gasteiger partial charge on any atom is -0.403 e. The molecule has 2 aromatic rings. The maximum atomic E-state index is 13.7. The van der Waals surface area contributed by atoms with Crippen molar-refractivity contribution in [3.8, 4) is 11.5 Å². The van der Waals surface area contributed by atoms with Gasteiger partial charge in [-0.1, -0.05) is 5.10 Å². The number of hydrogen-bond acceptors (Lipinski definition) is 6. The molecule has 1 spiro atoms. The third-order valence-corrected chi connectivity index (χ3v) is 6.39. The molecule has 0 bridgehead atoms. The molecular weight excluding hydrogens is 441 g/mol. The molecule has 5 rings (SSSR count). The summed E-state index contributed by atoms with van der Waals surface area (Å²) in [7, 11) is 0. The zero-order valence-electron chi connectivity index (χ0n) is 16.5. The number of pyridine rings is 1. The molecule has 172 valence electrons. The number of rotatable bonds is 5. The van der Waals surface area contributed by atoms with E-state index in [0.717, 1.165) is 18.9 Å². The molecule has 3 heterocycles. The van der Waals surface area contributed by atoms with Gasteiger partial charge in [0.05, 0.1) is 5.41 Å². The monoisotopic (exact) mass is 459 g/mol. The van der Waals surface area contributed by atoms with Crippen molar-refractivity contribution in [1.82, 2.24) is 20.1 Å². The highest BCUT2D eigenvalue weighted by molar-refractivity contribution is 5.85. The molecule has 8 nitrogen and oxygen atoms in total. The Morgan fingerprint density at radius 1 is 1.28 bits per heavy atom. The first kappa shape index (κ1) is 20.9. The first-order valence-corrected chi connectivity index (χ1v) is 10.1. The second-order valence-electron chi connectivity index (χ2n) is 8.66. The Hall–Kier alpha value is -2.99. The lowest BCUT2D eigenvalue weighted by atomic mass is 10.1. The van der Waals surface area contributed by atoms with Crippen LogP contribution in [0.15, 0.2) is 21.3 Å². The highest BCUT2D eigenvalue weighted by Gasteiger charge is 2.73. The first-order chi connectivity index (χ1) is 15.0. The van der Waals surface area contributed by atoms with Crippen molar-refractivity contribution in [2.24, 2.45) is 11.3 Å². The van der Waals surface area contributed by atoms with Crippen LogP contribution in [0.25, 0.3) is 11.5 Å². The summed E-state index contributed by atoms with van der Waals surface area (Å²) in [6.45, 7) is 0.245. The van der Waals surface area contributed by atoms with Crippen LogP contribution in [0, 0.1) is 11.3 Å². The third-order valence-electron chi connectivity index (χ3n) is 6.39. The van der Waals surface area contributed by atoms with Gasteiger partial charge in [0, 0.05) is 19.5 Å². The maximum Gasteiger partial charge on any atom is 0.431 e. The lowest BCUT2D eigenvalue weighted by molar-refractivity contribution is -0.141. The summed E-state index contributed by atoms with van der Waals surface area (Å²) in [4.78, 5) is 28.1. The summed E-state index contributed by atoms with van der Waals surface area (Å²) in [6.07, 6.45) is -3.14. The molecular formula is C19H18F5N5O3. The fourth-order valence-corrected chi connectivity index (χ4v) is 4.22. The van der Waals surface area contributed by atoms with Gasteiger partial charge in [0.25, 0.3) is 17.4 Å². The number of carbonyl (C=O) groups excluding carboxylic acids is 1. The number of amides is 1. The van der Waals surface area contributed by atoms with Crippen molar-refractivity contribution in [2.75, 3.05) is 18.4 Å². The molecule has 1 amide bonds. The average Bonchev–Trinajstić information content (AvgIpc) is 3.49. The van der Waals surface area contributed by atoms with E-state index in [4.69, 9.17) is 4.42 Å². The number of aromatic nitrogens is 3. The lowest BCUT2D eigenvalue weighted by Crippen LogP contribution is -2.43. The fraction of sp³-hybridized carbons (Fsp3) is 0.579. The predicted octanol–water partition coefficient (Wildman–Crippen LogP) is 2.89. The molecule has 2 aliphatic carbocycles. The van der Waals surface area contributed by atoms with Crippen LogP contribution >= 0.6 is 0 Å². The van der Waals surface area contributed by atoms with E-state index in [1.807, 2.05) is 0 Å². The Bertz CT molecular complexity index is 1130. The van der Waals surface area contributed by atoms with Crippen LogP contribution in [0.3, 0.4) is 0 Å². The van der Waals surface area contributed by atoms with Gasteiger partial charge < -0.3 is 19.6 Å². The standard InChI is InChI=1S/C19H18F5N5O3/c20-18(21)7-17(18)5-6-29(8-17)15(31)12(9-1-2-9)26-16-28-27-14(32-16)10-3-4-11(19(22,23)24)25-13(10)30/h3-4,9,12H,1-2,5-8H2,(H,25,30)(H,26,28)/t12-,17+/m1/s1. The van der Waals surface area contributed by atoms with E-state index in [0.29, 0.717) is 6.07 Å². The van der Waals surface area contributed by atoms with Crippen LogP contribution in [0.1, 0.15) is 31.4 Å². The first-order valence-electron chi connectivity index (χ1n) is 10.1. The number of alkyl halides is 5. The summed E-state index contributed by atoms with van der Waals surface area (Å²) in [5, 5.41) is 10.2. The minimum atomic E-state index is -4.71. The number of hydrogen-bond donors (Lipinski definition) is 2. The molecule has 2 atom stereocenters. The molecule has 0 aromatic carbocycles. The van der Waals surface area contributed by atoms with Crippen molar-refractivity contribution in [3.05, 3.63) is 28.2 Å². The fourth-order valence-electron chi connectivity index (χ4n) is 4.22. The largest absolute Gasteiger partial charge is 0.431 e. The zero-order valence-corrected chi connectivity index (χ0v) is 16.5. The molecule has 1 aliphatic heterocycles. The summed E-state index contributed by atoms with van der Waals surface area (Å²) in [5.74, 6) is -3.41. The number of halogens is 5. The SMILES string of the molecule is O=C([C@H](Nc1nnc(-c2ccc(C(F)(F)F)[nH]c2=O)o1)C1CC1)N1CC[C@@]2(C1)CC2(F)F. The number of nitrogens with zero attached hydrogens (tertiary/aromatic N) is 3. The van der Waals surface area contributed by atoms with Crippen molar-refractivity contribution in [3.63, 3.8) is 0 Å². The van der Waals surface area contributed by atoms with Gasteiger partial charge in [-0.2, -0.15) is 13.2 Å². The van der Waals surface area contributed by atoms with Crippen molar-refractivity contribution in [2.45, 2.75) is 43.8 Å². The molecule has 0 radical (unpaired) electrons. The van der Waals surface area contributed by atoms with E-state index in [1.54, 1.807) is 4.98 Å². The Morgan fingerprint density at radius 3 is 2.56 bits per heavy atom.